The minimum absolute atomic E-state index is 0.116. The molecule has 0 aromatic carbocycles. The van der Waals surface area contributed by atoms with Crippen molar-refractivity contribution in [3.8, 4) is 0 Å². The van der Waals surface area contributed by atoms with Gasteiger partial charge in [0.25, 0.3) is 0 Å². The van der Waals surface area contributed by atoms with E-state index in [0.29, 0.717) is 37.9 Å². The molecule has 2 saturated carbocycles. The lowest BCUT2D eigenvalue weighted by Gasteiger charge is -2.26. The number of hydrogen-bond donors (Lipinski definition) is 2. The van der Waals surface area contributed by atoms with Gasteiger partial charge < -0.3 is 19.7 Å². The van der Waals surface area contributed by atoms with Gasteiger partial charge in [-0.15, -0.1) is 0 Å². The molecule has 0 amide bonds. The van der Waals surface area contributed by atoms with E-state index in [1.807, 2.05) is 0 Å². The molecule has 3 rings (SSSR count). The van der Waals surface area contributed by atoms with Crippen LogP contribution in [0.1, 0.15) is 25.7 Å². The highest BCUT2D eigenvalue weighted by atomic mass is 16.7. The molecule has 0 bridgehead atoms. The molecule has 1 aliphatic heterocycles. The minimum atomic E-state index is -0.838. The average molecular weight is 214 g/mol. The van der Waals surface area contributed by atoms with Crippen molar-refractivity contribution >= 4 is 0 Å². The zero-order chi connectivity index (χ0) is 10.5. The smallest absolute Gasteiger partial charge is 0.169 e. The number of rotatable bonds is 1. The Morgan fingerprint density at radius 1 is 1.00 bits per heavy atom. The van der Waals surface area contributed by atoms with Gasteiger partial charge in [-0.2, -0.15) is 0 Å². The summed E-state index contributed by atoms with van der Waals surface area (Å²) in [6, 6.07) is 0. The van der Waals surface area contributed by atoms with Gasteiger partial charge in [0.05, 0.1) is 25.4 Å². The average Bonchev–Trinajstić information content (AvgIpc) is 2.82. The summed E-state index contributed by atoms with van der Waals surface area (Å²) in [6.07, 6.45) is 3.17. The molecule has 86 valence electrons. The first-order valence-electron chi connectivity index (χ1n) is 5.76. The first-order valence-corrected chi connectivity index (χ1v) is 5.76. The van der Waals surface area contributed by atoms with Gasteiger partial charge in [0.1, 0.15) is 0 Å². The summed E-state index contributed by atoms with van der Waals surface area (Å²) in [6.45, 7) is 1.28. The lowest BCUT2D eigenvalue weighted by Crippen LogP contribution is -2.33. The molecular weight excluding hydrogens is 196 g/mol. The molecule has 2 atom stereocenters. The maximum atomic E-state index is 10.0. The molecule has 0 radical (unpaired) electrons. The first-order chi connectivity index (χ1) is 7.15. The van der Waals surface area contributed by atoms with Crippen molar-refractivity contribution < 1.29 is 19.7 Å². The number of fused-ring (bicyclic) bond motifs is 1. The second-order valence-electron chi connectivity index (χ2n) is 5.33. The van der Waals surface area contributed by atoms with E-state index in [0.717, 1.165) is 12.8 Å². The fourth-order valence-electron chi connectivity index (χ4n) is 3.61. The third-order valence-corrected chi connectivity index (χ3v) is 4.21. The van der Waals surface area contributed by atoms with Crippen molar-refractivity contribution in [3.05, 3.63) is 0 Å². The van der Waals surface area contributed by atoms with Crippen LogP contribution < -0.4 is 0 Å². The molecule has 1 spiro atoms. The third-order valence-electron chi connectivity index (χ3n) is 4.21. The molecule has 4 heteroatoms. The Balaban J connectivity index is 1.71. The van der Waals surface area contributed by atoms with Crippen LogP contribution in [0.15, 0.2) is 0 Å². The summed E-state index contributed by atoms with van der Waals surface area (Å²) in [7, 11) is 0. The summed E-state index contributed by atoms with van der Waals surface area (Å²) in [5.41, 5.74) is -0.838. The van der Waals surface area contributed by atoms with Crippen LogP contribution in [0.25, 0.3) is 0 Å². The Labute approximate surface area is 89.2 Å². The highest BCUT2D eigenvalue weighted by molar-refractivity contribution is 5.03. The van der Waals surface area contributed by atoms with Crippen LogP contribution in [0.2, 0.25) is 0 Å². The molecule has 2 N–H and O–H groups in total. The zero-order valence-electron chi connectivity index (χ0n) is 8.82. The molecule has 15 heavy (non-hydrogen) atoms. The van der Waals surface area contributed by atoms with Gasteiger partial charge in [-0.25, -0.2) is 0 Å². The van der Waals surface area contributed by atoms with E-state index in [2.05, 4.69) is 0 Å². The molecule has 2 unspecified atom stereocenters. The van der Waals surface area contributed by atoms with Gasteiger partial charge in [0.15, 0.2) is 5.79 Å². The van der Waals surface area contributed by atoms with Gasteiger partial charge in [-0.1, -0.05) is 0 Å². The molecule has 1 saturated heterocycles. The molecule has 0 aromatic heterocycles. The second kappa shape index (κ2) is 3.17. The lowest BCUT2D eigenvalue weighted by molar-refractivity contribution is -0.159. The van der Waals surface area contributed by atoms with E-state index in [4.69, 9.17) is 14.6 Å². The van der Waals surface area contributed by atoms with Gasteiger partial charge >= 0.3 is 0 Å². The fourth-order valence-corrected chi connectivity index (χ4v) is 3.61. The van der Waals surface area contributed by atoms with Crippen molar-refractivity contribution in [1.29, 1.82) is 0 Å². The quantitative estimate of drug-likeness (QED) is 0.658. The first kappa shape index (κ1) is 10.0. The molecule has 1 heterocycles. The van der Waals surface area contributed by atoms with E-state index in [-0.39, 0.29) is 12.4 Å². The van der Waals surface area contributed by atoms with Gasteiger partial charge in [0.2, 0.25) is 0 Å². The predicted octanol–water partition coefficient (Wildman–Crippen LogP) is 0.273. The summed E-state index contributed by atoms with van der Waals surface area (Å²) in [5, 5.41) is 19.1. The van der Waals surface area contributed by atoms with Crippen LogP contribution in [-0.2, 0) is 9.47 Å². The lowest BCUT2D eigenvalue weighted by atomic mass is 9.98. The van der Waals surface area contributed by atoms with Crippen LogP contribution in [-0.4, -0.2) is 41.4 Å². The van der Waals surface area contributed by atoms with E-state index < -0.39 is 5.60 Å². The van der Waals surface area contributed by atoms with E-state index >= 15 is 0 Å². The monoisotopic (exact) mass is 214 g/mol. The predicted molar refractivity (Wildman–Crippen MR) is 52.1 cm³/mol. The SMILES string of the molecule is OCC1(O)CC2CC3(CC2C1)OCCO3. The maximum absolute atomic E-state index is 10.0. The third kappa shape index (κ3) is 1.51. The molecule has 2 aliphatic carbocycles. The summed E-state index contributed by atoms with van der Waals surface area (Å²) < 4.78 is 11.3. The Morgan fingerprint density at radius 3 is 2.00 bits per heavy atom. The van der Waals surface area contributed by atoms with Crippen LogP contribution >= 0.6 is 0 Å². The second-order valence-corrected chi connectivity index (χ2v) is 5.33. The zero-order valence-corrected chi connectivity index (χ0v) is 8.82. The highest BCUT2D eigenvalue weighted by Crippen LogP contribution is 2.54. The standard InChI is InChI=1S/C11H18O4/c12-7-10(13)3-8-5-11(6-9(8)4-10)14-1-2-15-11/h8-9,12-13H,1-7H2. The van der Waals surface area contributed by atoms with Gasteiger partial charge in [-0.3, -0.25) is 0 Å². The van der Waals surface area contributed by atoms with Gasteiger partial charge in [0, 0.05) is 12.8 Å². The van der Waals surface area contributed by atoms with Crippen molar-refractivity contribution in [2.45, 2.75) is 37.1 Å². The molecule has 0 aromatic rings. The Morgan fingerprint density at radius 2 is 1.53 bits per heavy atom. The van der Waals surface area contributed by atoms with Crippen LogP contribution in [0, 0.1) is 11.8 Å². The van der Waals surface area contributed by atoms with Crippen LogP contribution in [0.5, 0.6) is 0 Å². The molecule has 3 aliphatic rings. The highest BCUT2D eigenvalue weighted by Gasteiger charge is 2.56. The van der Waals surface area contributed by atoms with Crippen molar-refractivity contribution in [3.63, 3.8) is 0 Å². The largest absolute Gasteiger partial charge is 0.393 e. The normalized spacial score (nSPS) is 47.6. The number of aliphatic hydroxyl groups excluding tert-OH is 1. The van der Waals surface area contributed by atoms with Crippen LogP contribution in [0.3, 0.4) is 0 Å². The number of hydrogen-bond acceptors (Lipinski definition) is 4. The van der Waals surface area contributed by atoms with Crippen molar-refractivity contribution in [2.24, 2.45) is 11.8 Å². The fraction of sp³-hybridized carbons (Fsp3) is 1.00. The van der Waals surface area contributed by atoms with Gasteiger partial charge in [-0.05, 0) is 24.7 Å². The van der Waals surface area contributed by atoms with Crippen molar-refractivity contribution in [2.75, 3.05) is 19.8 Å². The number of aliphatic hydroxyl groups is 2. The van der Waals surface area contributed by atoms with Crippen molar-refractivity contribution in [1.82, 2.24) is 0 Å². The number of ether oxygens (including phenoxy) is 2. The topological polar surface area (TPSA) is 58.9 Å². The van der Waals surface area contributed by atoms with E-state index in [1.54, 1.807) is 0 Å². The Kier molecular flexibility index (Phi) is 2.12. The molecule has 3 fully saturated rings. The molecule has 4 nitrogen and oxygen atoms in total. The van der Waals surface area contributed by atoms with E-state index in [9.17, 15) is 5.11 Å². The maximum Gasteiger partial charge on any atom is 0.169 e. The van der Waals surface area contributed by atoms with E-state index in [1.165, 1.54) is 0 Å². The summed E-state index contributed by atoms with van der Waals surface area (Å²) >= 11 is 0. The van der Waals surface area contributed by atoms with Crippen LogP contribution in [0.4, 0.5) is 0 Å². The molecular formula is C11H18O4. The minimum Gasteiger partial charge on any atom is -0.393 e. The summed E-state index contributed by atoms with van der Waals surface area (Å²) in [5.74, 6) is 0.576. The summed E-state index contributed by atoms with van der Waals surface area (Å²) in [4.78, 5) is 0. The Bertz CT molecular complexity index is 243. The Hall–Kier alpha value is -0.160.